The molecular weight excluding hydrogens is 348 g/mol. The second-order valence-electron chi connectivity index (χ2n) is 7.99. The molecule has 2 heterocycles. The molecule has 1 aromatic rings. The molecule has 1 aromatic carbocycles. The van der Waals surface area contributed by atoms with Crippen LogP contribution in [-0.4, -0.2) is 87.8 Å². The van der Waals surface area contributed by atoms with Gasteiger partial charge in [0.05, 0.1) is 0 Å². The van der Waals surface area contributed by atoms with Gasteiger partial charge in [0.25, 0.3) is 0 Å². The number of rotatable bonds is 7. The lowest BCUT2D eigenvalue weighted by atomic mass is 10.1. The van der Waals surface area contributed by atoms with Gasteiger partial charge < -0.3 is 20.4 Å². The minimum Gasteiger partial charge on any atom is -0.369 e. The van der Waals surface area contributed by atoms with E-state index in [4.69, 9.17) is 0 Å². The number of likely N-dealkylation sites (tertiary alicyclic amines) is 1. The van der Waals surface area contributed by atoms with Crippen LogP contribution in [0.15, 0.2) is 35.3 Å². The first-order chi connectivity index (χ1) is 13.8. The van der Waals surface area contributed by atoms with E-state index in [0.717, 1.165) is 51.8 Å². The first-order valence-electron chi connectivity index (χ1n) is 11.0. The van der Waals surface area contributed by atoms with E-state index in [1.165, 1.54) is 38.0 Å². The highest BCUT2D eigenvalue weighted by molar-refractivity contribution is 5.79. The number of nitrogens with one attached hydrogen (secondary N) is 2. The van der Waals surface area contributed by atoms with E-state index >= 15 is 0 Å². The third-order valence-corrected chi connectivity index (χ3v) is 6.02. The van der Waals surface area contributed by atoms with Crippen molar-refractivity contribution in [2.24, 2.45) is 4.99 Å². The second-order valence-corrected chi connectivity index (χ2v) is 7.99. The predicted octanol–water partition coefficient (Wildman–Crippen LogP) is 1.85. The number of hydrogen-bond donors (Lipinski definition) is 2. The zero-order valence-corrected chi connectivity index (χ0v) is 17.7. The molecular formula is C22H38N6. The zero-order chi connectivity index (χ0) is 19.6. The average molecular weight is 387 g/mol. The van der Waals surface area contributed by atoms with Gasteiger partial charge >= 0.3 is 0 Å². The Kier molecular flexibility index (Phi) is 8.42. The second kappa shape index (κ2) is 11.3. The molecule has 0 aromatic heterocycles. The first-order valence-corrected chi connectivity index (χ1v) is 11.0. The summed E-state index contributed by atoms with van der Waals surface area (Å²) in [4.78, 5) is 12.0. The molecule has 156 valence electrons. The maximum absolute atomic E-state index is 4.39. The van der Waals surface area contributed by atoms with Crippen LogP contribution in [0.1, 0.15) is 26.2 Å². The van der Waals surface area contributed by atoms with Gasteiger partial charge in [0.2, 0.25) is 0 Å². The van der Waals surface area contributed by atoms with Gasteiger partial charge in [0, 0.05) is 64.6 Å². The molecule has 0 amide bonds. The molecule has 6 heteroatoms. The molecule has 28 heavy (non-hydrogen) atoms. The van der Waals surface area contributed by atoms with Crippen molar-refractivity contribution in [3.05, 3.63) is 30.3 Å². The number of piperidine rings is 1. The lowest BCUT2D eigenvalue weighted by Gasteiger charge is -2.39. The van der Waals surface area contributed by atoms with Crippen LogP contribution in [0.3, 0.4) is 0 Å². The summed E-state index contributed by atoms with van der Waals surface area (Å²) in [5.41, 5.74) is 1.34. The van der Waals surface area contributed by atoms with Gasteiger partial charge in [-0.2, -0.15) is 0 Å². The van der Waals surface area contributed by atoms with Crippen molar-refractivity contribution < 1.29 is 0 Å². The number of hydrogen-bond acceptors (Lipinski definition) is 4. The topological polar surface area (TPSA) is 46.1 Å². The van der Waals surface area contributed by atoms with Crippen LogP contribution in [0.4, 0.5) is 5.69 Å². The van der Waals surface area contributed by atoms with Crippen LogP contribution in [0.2, 0.25) is 0 Å². The number of para-hydroxylation sites is 1. The number of anilines is 1. The molecule has 2 fully saturated rings. The normalized spacial score (nSPS) is 20.8. The Balaban J connectivity index is 1.33. The molecule has 1 atom stereocenters. The summed E-state index contributed by atoms with van der Waals surface area (Å²) >= 11 is 0. The Labute approximate surface area is 171 Å². The Morgan fingerprint density at radius 1 is 0.964 bits per heavy atom. The summed E-state index contributed by atoms with van der Waals surface area (Å²) in [6.07, 6.45) is 4.09. The molecule has 0 radical (unpaired) electrons. The molecule has 0 bridgehead atoms. The number of aliphatic imine (C=N–C) groups is 1. The van der Waals surface area contributed by atoms with Gasteiger partial charge in [-0.3, -0.25) is 9.89 Å². The SMILES string of the molecule is CN=C(NCCN1CCCCC1)NCC(C)N1CCN(c2ccccc2)CC1. The lowest BCUT2D eigenvalue weighted by molar-refractivity contribution is 0.197. The Hall–Kier alpha value is -1.79. The van der Waals surface area contributed by atoms with Crippen LogP contribution in [0.25, 0.3) is 0 Å². The molecule has 2 N–H and O–H groups in total. The minimum atomic E-state index is 0.499. The average Bonchev–Trinajstić information content (AvgIpc) is 2.77. The van der Waals surface area contributed by atoms with Gasteiger partial charge in [-0.05, 0) is 45.0 Å². The first kappa shape index (κ1) is 20.9. The maximum atomic E-state index is 4.39. The van der Waals surface area contributed by atoms with Crippen molar-refractivity contribution in [3.8, 4) is 0 Å². The summed E-state index contributed by atoms with van der Waals surface area (Å²) < 4.78 is 0. The number of benzene rings is 1. The molecule has 2 aliphatic rings. The Morgan fingerprint density at radius 2 is 1.68 bits per heavy atom. The van der Waals surface area contributed by atoms with E-state index in [1.807, 2.05) is 7.05 Å². The molecule has 0 spiro atoms. The summed E-state index contributed by atoms with van der Waals surface area (Å²) in [6.45, 7) is 12.2. The highest BCUT2D eigenvalue weighted by Gasteiger charge is 2.21. The van der Waals surface area contributed by atoms with E-state index < -0.39 is 0 Å². The molecule has 3 rings (SSSR count). The van der Waals surface area contributed by atoms with Gasteiger partial charge in [0.15, 0.2) is 5.96 Å². The van der Waals surface area contributed by atoms with Crippen LogP contribution >= 0.6 is 0 Å². The van der Waals surface area contributed by atoms with E-state index in [2.05, 4.69) is 67.6 Å². The highest BCUT2D eigenvalue weighted by Crippen LogP contribution is 2.16. The number of guanidine groups is 1. The molecule has 0 aliphatic carbocycles. The quantitative estimate of drug-likeness (QED) is 0.553. The molecule has 0 saturated carbocycles. The van der Waals surface area contributed by atoms with Crippen LogP contribution in [-0.2, 0) is 0 Å². The van der Waals surface area contributed by atoms with Crippen molar-refractivity contribution in [1.82, 2.24) is 20.4 Å². The smallest absolute Gasteiger partial charge is 0.191 e. The number of piperazine rings is 1. The predicted molar refractivity (Wildman–Crippen MR) is 119 cm³/mol. The van der Waals surface area contributed by atoms with Crippen molar-refractivity contribution in [1.29, 1.82) is 0 Å². The fourth-order valence-corrected chi connectivity index (χ4v) is 4.17. The summed E-state index contributed by atoms with van der Waals surface area (Å²) in [6, 6.07) is 11.2. The Morgan fingerprint density at radius 3 is 2.36 bits per heavy atom. The van der Waals surface area contributed by atoms with Crippen molar-refractivity contribution in [2.45, 2.75) is 32.2 Å². The third-order valence-electron chi connectivity index (χ3n) is 6.02. The van der Waals surface area contributed by atoms with Crippen molar-refractivity contribution in [3.63, 3.8) is 0 Å². The molecule has 2 aliphatic heterocycles. The summed E-state index contributed by atoms with van der Waals surface area (Å²) in [5, 5.41) is 6.99. The lowest BCUT2D eigenvalue weighted by Crippen LogP contribution is -2.53. The molecule has 1 unspecified atom stereocenters. The van der Waals surface area contributed by atoms with E-state index in [-0.39, 0.29) is 0 Å². The van der Waals surface area contributed by atoms with Crippen molar-refractivity contribution >= 4 is 11.6 Å². The van der Waals surface area contributed by atoms with Crippen LogP contribution in [0, 0.1) is 0 Å². The Bertz CT molecular complexity index is 576. The van der Waals surface area contributed by atoms with Crippen molar-refractivity contribution in [2.75, 3.05) is 70.9 Å². The van der Waals surface area contributed by atoms with Crippen LogP contribution < -0.4 is 15.5 Å². The molecule has 2 saturated heterocycles. The standard InChI is InChI=1S/C22H38N6/c1-20(27-15-17-28(18-16-27)21-9-5-3-6-10-21)19-25-22(23-2)24-11-14-26-12-7-4-8-13-26/h3,5-6,9-10,20H,4,7-8,11-19H2,1-2H3,(H2,23,24,25). The largest absolute Gasteiger partial charge is 0.369 e. The fourth-order valence-electron chi connectivity index (χ4n) is 4.17. The van der Waals surface area contributed by atoms with E-state index in [9.17, 15) is 0 Å². The molecule has 6 nitrogen and oxygen atoms in total. The highest BCUT2D eigenvalue weighted by atomic mass is 15.3. The summed E-state index contributed by atoms with van der Waals surface area (Å²) in [5.74, 6) is 0.923. The number of nitrogens with zero attached hydrogens (tertiary/aromatic N) is 4. The van der Waals surface area contributed by atoms with Gasteiger partial charge in [-0.15, -0.1) is 0 Å². The van der Waals surface area contributed by atoms with Crippen LogP contribution in [0.5, 0.6) is 0 Å². The van der Waals surface area contributed by atoms with Gasteiger partial charge in [-0.25, -0.2) is 0 Å². The fraction of sp³-hybridized carbons (Fsp3) is 0.682. The zero-order valence-electron chi connectivity index (χ0n) is 17.7. The third kappa shape index (κ3) is 6.38. The van der Waals surface area contributed by atoms with Gasteiger partial charge in [-0.1, -0.05) is 24.6 Å². The maximum Gasteiger partial charge on any atom is 0.191 e. The monoisotopic (exact) mass is 386 g/mol. The van der Waals surface area contributed by atoms with E-state index in [1.54, 1.807) is 0 Å². The van der Waals surface area contributed by atoms with Gasteiger partial charge in [0.1, 0.15) is 0 Å². The minimum absolute atomic E-state index is 0.499. The van der Waals surface area contributed by atoms with E-state index in [0.29, 0.717) is 6.04 Å². The summed E-state index contributed by atoms with van der Waals surface area (Å²) in [7, 11) is 1.86.